The van der Waals surface area contributed by atoms with E-state index in [1.165, 1.54) is 10.6 Å². The van der Waals surface area contributed by atoms with Crippen LogP contribution in [0.3, 0.4) is 0 Å². The molecule has 1 heterocycles. The van der Waals surface area contributed by atoms with Crippen molar-refractivity contribution in [3.05, 3.63) is 39.7 Å². The Labute approximate surface area is 127 Å². The van der Waals surface area contributed by atoms with Gasteiger partial charge in [0.1, 0.15) is 0 Å². The summed E-state index contributed by atoms with van der Waals surface area (Å²) in [7, 11) is 0. The molecule has 0 N–H and O–H groups in total. The van der Waals surface area contributed by atoms with Crippen LogP contribution in [0.1, 0.15) is 31.5 Å². The molecule has 0 spiro atoms. The van der Waals surface area contributed by atoms with Gasteiger partial charge in [-0.1, -0.05) is 6.92 Å². The Morgan fingerprint density at radius 1 is 1.26 bits per heavy atom. The van der Waals surface area contributed by atoms with Crippen molar-refractivity contribution in [3.8, 4) is 5.75 Å². The second-order valence-corrected chi connectivity index (χ2v) is 5.40. The van der Waals surface area contributed by atoms with Gasteiger partial charge >= 0.3 is 6.36 Å². The Bertz CT molecular complexity index is 837. The fourth-order valence-corrected chi connectivity index (χ4v) is 2.69. The molecule has 0 atom stereocenters. The lowest BCUT2D eigenvalue weighted by Crippen LogP contribution is -2.21. The van der Waals surface area contributed by atoms with E-state index in [9.17, 15) is 26.7 Å². The van der Waals surface area contributed by atoms with Gasteiger partial charge in [0.05, 0.1) is 10.9 Å². The number of aromatic nitrogens is 1. The average Bonchev–Trinajstić information content (AvgIpc) is 3.27. The molecule has 1 aromatic carbocycles. The minimum atomic E-state index is -5.20. The number of hydrogen-bond donors (Lipinski definition) is 0. The third-order valence-corrected chi connectivity index (χ3v) is 3.76. The first-order chi connectivity index (χ1) is 10.7. The Balaban J connectivity index is 2.45. The highest BCUT2D eigenvalue weighted by Crippen LogP contribution is 2.42. The van der Waals surface area contributed by atoms with Crippen LogP contribution in [0.25, 0.3) is 10.9 Å². The Morgan fingerprint density at radius 3 is 2.43 bits per heavy atom. The van der Waals surface area contributed by atoms with Crippen LogP contribution >= 0.6 is 0 Å². The summed E-state index contributed by atoms with van der Waals surface area (Å²) in [5.74, 6) is -4.59. The molecule has 1 aliphatic rings. The fourth-order valence-electron chi connectivity index (χ4n) is 2.69. The van der Waals surface area contributed by atoms with Gasteiger partial charge in [-0.05, 0) is 25.3 Å². The van der Waals surface area contributed by atoms with E-state index in [1.807, 2.05) is 0 Å². The molecule has 1 fully saturated rings. The molecule has 3 rings (SSSR count). The lowest BCUT2D eigenvalue weighted by atomic mass is 10.1. The second-order valence-electron chi connectivity index (χ2n) is 5.40. The van der Waals surface area contributed by atoms with Crippen molar-refractivity contribution in [2.75, 3.05) is 0 Å². The van der Waals surface area contributed by atoms with E-state index in [2.05, 4.69) is 4.74 Å². The molecule has 8 heteroatoms. The van der Waals surface area contributed by atoms with Crippen molar-refractivity contribution in [1.82, 2.24) is 4.57 Å². The van der Waals surface area contributed by atoms with Gasteiger partial charge < -0.3 is 9.30 Å². The summed E-state index contributed by atoms with van der Waals surface area (Å²) in [5, 5.41) is -0.327. The summed E-state index contributed by atoms with van der Waals surface area (Å²) in [6.45, 7) is 1.73. The van der Waals surface area contributed by atoms with Gasteiger partial charge in [0, 0.05) is 17.8 Å². The molecule has 0 radical (unpaired) electrons. The van der Waals surface area contributed by atoms with Crippen molar-refractivity contribution < 1.29 is 26.7 Å². The summed E-state index contributed by atoms with van der Waals surface area (Å²) in [5.41, 5.74) is -0.546. The van der Waals surface area contributed by atoms with E-state index < -0.39 is 29.2 Å². The molecule has 0 unspecified atom stereocenters. The number of aryl methyl sites for hydroxylation is 1. The molecule has 0 saturated heterocycles. The largest absolute Gasteiger partial charge is 0.573 e. The van der Waals surface area contributed by atoms with Gasteiger partial charge in [0.25, 0.3) is 0 Å². The summed E-state index contributed by atoms with van der Waals surface area (Å²) in [4.78, 5) is 12.1. The molecule has 1 aromatic heterocycles. The lowest BCUT2D eigenvalue weighted by Gasteiger charge is -2.19. The van der Waals surface area contributed by atoms with Gasteiger partial charge in [0.2, 0.25) is 5.82 Å². The van der Waals surface area contributed by atoms with Crippen LogP contribution in [0.4, 0.5) is 22.0 Å². The number of alkyl halides is 3. The van der Waals surface area contributed by atoms with Crippen molar-refractivity contribution in [1.29, 1.82) is 0 Å². The number of pyridine rings is 1. The van der Waals surface area contributed by atoms with E-state index in [-0.39, 0.29) is 16.9 Å². The van der Waals surface area contributed by atoms with Crippen LogP contribution in [0.5, 0.6) is 5.75 Å². The topological polar surface area (TPSA) is 31.2 Å². The predicted octanol–water partition coefficient (Wildman–Crippen LogP) is 4.08. The monoisotopic (exact) mass is 333 g/mol. The maximum absolute atomic E-state index is 14.0. The highest BCUT2D eigenvalue weighted by Gasteiger charge is 2.37. The van der Waals surface area contributed by atoms with Gasteiger partial charge in [-0.3, -0.25) is 4.79 Å². The molecule has 23 heavy (non-hydrogen) atoms. The van der Waals surface area contributed by atoms with Crippen molar-refractivity contribution in [3.63, 3.8) is 0 Å². The molecule has 2 aromatic rings. The lowest BCUT2D eigenvalue weighted by molar-refractivity contribution is -0.275. The van der Waals surface area contributed by atoms with E-state index in [1.54, 1.807) is 6.92 Å². The number of benzene rings is 1. The maximum Gasteiger partial charge on any atom is 0.573 e. The van der Waals surface area contributed by atoms with Crippen LogP contribution in [0.2, 0.25) is 0 Å². The maximum atomic E-state index is 14.0. The smallest absolute Gasteiger partial charge is 0.400 e. The summed E-state index contributed by atoms with van der Waals surface area (Å²) in [6.07, 6.45) is -3.45. The van der Waals surface area contributed by atoms with E-state index in [4.69, 9.17) is 0 Å². The fraction of sp³-hybridized carbons (Fsp3) is 0.400. The third-order valence-electron chi connectivity index (χ3n) is 3.76. The Morgan fingerprint density at radius 2 is 1.91 bits per heavy atom. The normalized spacial score (nSPS) is 15.2. The zero-order chi connectivity index (χ0) is 16.9. The van der Waals surface area contributed by atoms with E-state index in [0.29, 0.717) is 31.0 Å². The first-order valence-electron chi connectivity index (χ1n) is 7.04. The van der Waals surface area contributed by atoms with Crippen LogP contribution in [0.15, 0.2) is 16.9 Å². The Hall–Kier alpha value is -2.12. The predicted molar refractivity (Wildman–Crippen MR) is 72.5 cm³/mol. The standard InChI is InChI=1S/C15H12F5NO2/c1-2-7-5-11(22)9-6-10(16)12(17)14(23-15(18,19)20)13(9)21(7)8-3-4-8/h5-6,8H,2-4H2,1H3. The third kappa shape index (κ3) is 2.77. The zero-order valence-electron chi connectivity index (χ0n) is 12.0. The zero-order valence-corrected chi connectivity index (χ0v) is 12.0. The second kappa shape index (κ2) is 5.21. The highest BCUT2D eigenvalue weighted by atomic mass is 19.4. The van der Waals surface area contributed by atoms with Gasteiger partial charge in [-0.25, -0.2) is 4.39 Å². The number of fused-ring (bicyclic) bond motifs is 1. The van der Waals surface area contributed by atoms with Gasteiger partial charge in [-0.15, -0.1) is 13.2 Å². The number of ether oxygens (including phenoxy) is 1. The minimum Gasteiger partial charge on any atom is -0.400 e. The van der Waals surface area contributed by atoms with Crippen molar-refractivity contribution in [2.24, 2.45) is 0 Å². The quantitative estimate of drug-likeness (QED) is 0.793. The number of rotatable bonds is 3. The van der Waals surface area contributed by atoms with Crippen LogP contribution in [-0.2, 0) is 6.42 Å². The minimum absolute atomic E-state index is 0.145. The van der Waals surface area contributed by atoms with Crippen molar-refractivity contribution in [2.45, 2.75) is 38.6 Å². The summed E-state index contributed by atoms with van der Waals surface area (Å²) >= 11 is 0. The molecule has 0 aliphatic heterocycles. The number of hydrogen-bond acceptors (Lipinski definition) is 2. The summed E-state index contributed by atoms with van der Waals surface area (Å²) < 4.78 is 70.6. The Kier molecular flexibility index (Phi) is 3.57. The van der Waals surface area contributed by atoms with Crippen LogP contribution < -0.4 is 10.2 Å². The number of nitrogens with zero attached hydrogens (tertiary/aromatic N) is 1. The molecule has 124 valence electrons. The SMILES string of the molecule is CCc1cc(=O)c2cc(F)c(F)c(OC(F)(F)F)c2n1C1CC1. The van der Waals surface area contributed by atoms with Gasteiger partial charge in [-0.2, -0.15) is 4.39 Å². The van der Waals surface area contributed by atoms with Gasteiger partial charge in [0.15, 0.2) is 17.0 Å². The highest BCUT2D eigenvalue weighted by molar-refractivity contribution is 5.86. The molecule has 0 bridgehead atoms. The first kappa shape index (κ1) is 15.8. The van der Waals surface area contributed by atoms with Crippen LogP contribution in [0, 0.1) is 11.6 Å². The molecule has 1 aliphatic carbocycles. The molecule has 1 saturated carbocycles. The molecular weight excluding hydrogens is 321 g/mol. The molecule has 0 amide bonds. The average molecular weight is 333 g/mol. The van der Waals surface area contributed by atoms with Crippen molar-refractivity contribution >= 4 is 10.9 Å². The van der Waals surface area contributed by atoms with E-state index >= 15 is 0 Å². The van der Waals surface area contributed by atoms with Crippen LogP contribution in [-0.4, -0.2) is 10.9 Å². The molecular formula is C15H12F5NO2. The van der Waals surface area contributed by atoms with E-state index in [0.717, 1.165) is 0 Å². The number of halogens is 5. The first-order valence-corrected chi connectivity index (χ1v) is 7.04. The molecule has 3 nitrogen and oxygen atoms in total. The summed E-state index contributed by atoms with van der Waals surface area (Å²) in [6, 6.07) is 1.72.